The van der Waals surface area contributed by atoms with E-state index in [1.165, 1.54) is 4.68 Å². The molecule has 0 unspecified atom stereocenters. The summed E-state index contributed by atoms with van der Waals surface area (Å²) in [5.74, 6) is 1.12. The number of para-hydroxylation sites is 1. The molecule has 33 heavy (non-hydrogen) atoms. The number of nitriles is 1. The fraction of sp³-hybridized carbons (Fsp3) is 0.111. The number of ether oxygens (including phenoxy) is 2. The second-order valence-electron chi connectivity index (χ2n) is 7.32. The Bertz CT molecular complexity index is 1480. The topological polar surface area (TPSA) is 80.0 Å². The predicted octanol–water partition coefficient (Wildman–Crippen LogP) is 3.25. The summed E-state index contributed by atoms with van der Waals surface area (Å²) in [7, 11) is 0. The highest BCUT2D eigenvalue weighted by molar-refractivity contribution is 5.56. The van der Waals surface area contributed by atoms with Crippen molar-refractivity contribution in [3.63, 3.8) is 0 Å². The van der Waals surface area contributed by atoms with Crippen LogP contribution in [-0.2, 0) is 6.61 Å². The first-order chi connectivity index (χ1) is 16.1. The van der Waals surface area contributed by atoms with Crippen molar-refractivity contribution in [1.29, 1.82) is 5.26 Å². The predicted molar refractivity (Wildman–Crippen MR) is 128 cm³/mol. The second-order valence-corrected chi connectivity index (χ2v) is 7.32. The fourth-order valence-electron chi connectivity index (χ4n) is 3.48. The van der Waals surface area contributed by atoms with Crippen molar-refractivity contribution >= 4 is 12.7 Å². The fourth-order valence-corrected chi connectivity index (χ4v) is 3.48. The van der Waals surface area contributed by atoms with Crippen LogP contribution in [0.25, 0.3) is 18.3 Å². The van der Waals surface area contributed by atoms with Crippen LogP contribution in [0.1, 0.15) is 23.6 Å². The Morgan fingerprint density at radius 3 is 2.55 bits per heavy atom. The number of rotatable bonds is 7. The van der Waals surface area contributed by atoms with E-state index in [1.54, 1.807) is 18.2 Å². The summed E-state index contributed by atoms with van der Waals surface area (Å²) in [5, 5.41) is 13.3. The molecule has 4 rings (SSSR count). The Kier molecular flexibility index (Phi) is 6.42. The van der Waals surface area contributed by atoms with Crippen LogP contribution in [0.3, 0.4) is 0 Å². The Labute approximate surface area is 191 Å². The molecule has 0 bridgehead atoms. The number of hydrogen-bond acceptors (Lipinski definition) is 4. The lowest BCUT2D eigenvalue weighted by Crippen LogP contribution is -2.33. The van der Waals surface area contributed by atoms with E-state index >= 15 is 0 Å². The van der Waals surface area contributed by atoms with E-state index in [1.807, 2.05) is 67.6 Å². The van der Waals surface area contributed by atoms with Gasteiger partial charge in [0.25, 0.3) is 5.56 Å². The third kappa shape index (κ3) is 4.73. The summed E-state index contributed by atoms with van der Waals surface area (Å²) in [6.07, 6.45) is 1.78. The van der Waals surface area contributed by atoms with Crippen molar-refractivity contribution in [3.05, 3.63) is 110 Å². The first kappa shape index (κ1) is 21.7. The highest BCUT2D eigenvalue weighted by Crippen LogP contribution is 2.29. The summed E-state index contributed by atoms with van der Waals surface area (Å²) < 4.78 is 13.2. The molecule has 1 N–H and O–H groups in total. The molecule has 0 saturated carbocycles. The molecular weight excluding hydrogens is 414 g/mol. The van der Waals surface area contributed by atoms with Crippen molar-refractivity contribution < 1.29 is 9.47 Å². The number of hydrogen-bond donors (Lipinski definition) is 1. The van der Waals surface area contributed by atoms with Gasteiger partial charge < -0.3 is 9.47 Å². The molecule has 0 aliphatic rings. The second kappa shape index (κ2) is 9.75. The molecule has 0 spiro atoms. The minimum atomic E-state index is -0.183. The molecule has 3 aromatic carbocycles. The number of benzene rings is 3. The van der Waals surface area contributed by atoms with Gasteiger partial charge in [-0.05, 0) is 48.9 Å². The highest BCUT2D eigenvalue weighted by Gasteiger charge is 2.09. The molecule has 0 fully saturated rings. The van der Waals surface area contributed by atoms with E-state index in [0.717, 1.165) is 16.8 Å². The van der Waals surface area contributed by atoms with Gasteiger partial charge in [-0.2, -0.15) is 5.26 Å². The smallest absolute Gasteiger partial charge is 0.279 e. The van der Waals surface area contributed by atoms with Gasteiger partial charge in [-0.1, -0.05) is 49.0 Å². The zero-order chi connectivity index (χ0) is 23.2. The zero-order valence-corrected chi connectivity index (χ0v) is 18.2. The van der Waals surface area contributed by atoms with Gasteiger partial charge in [0.05, 0.1) is 34.5 Å². The molecule has 4 aromatic rings. The number of aromatic nitrogens is 2. The summed E-state index contributed by atoms with van der Waals surface area (Å²) in [6.45, 7) is 6.59. The van der Waals surface area contributed by atoms with Gasteiger partial charge in [0, 0.05) is 5.56 Å². The van der Waals surface area contributed by atoms with Crippen LogP contribution in [0.15, 0.2) is 77.6 Å². The molecular formula is C27H23N3O3. The summed E-state index contributed by atoms with van der Waals surface area (Å²) in [6, 6.07) is 24.3. The molecule has 6 heteroatoms. The molecule has 1 aromatic heterocycles. The summed E-state index contributed by atoms with van der Waals surface area (Å²) >= 11 is 0. The van der Waals surface area contributed by atoms with E-state index in [2.05, 4.69) is 17.7 Å². The first-order valence-electron chi connectivity index (χ1n) is 10.6. The quantitative estimate of drug-likeness (QED) is 0.481. The number of nitrogens with one attached hydrogen (secondary N) is 1. The van der Waals surface area contributed by atoms with Crippen LogP contribution in [0, 0.1) is 11.3 Å². The van der Waals surface area contributed by atoms with Gasteiger partial charge >= 0.3 is 0 Å². The van der Waals surface area contributed by atoms with Crippen LogP contribution in [-0.4, -0.2) is 16.4 Å². The van der Waals surface area contributed by atoms with Crippen LogP contribution < -0.4 is 25.6 Å². The van der Waals surface area contributed by atoms with E-state index < -0.39 is 0 Å². The normalized spacial score (nSPS) is 11.2. The van der Waals surface area contributed by atoms with Gasteiger partial charge in [-0.15, -0.1) is 0 Å². The average molecular weight is 437 g/mol. The lowest BCUT2D eigenvalue weighted by molar-refractivity contribution is 0.269. The van der Waals surface area contributed by atoms with Gasteiger partial charge in [-0.3, -0.25) is 9.89 Å². The Morgan fingerprint density at radius 2 is 1.79 bits per heavy atom. The SMILES string of the molecule is C=c1[nH]n(-c2ccccc2)c(=O)/c1=C\c1ccc(OCc2ccccc2C#N)c(OCC)c1. The lowest BCUT2D eigenvalue weighted by atomic mass is 10.1. The molecule has 0 aliphatic carbocycles. The van der Waals surface area contributed by atoms with Crippen LogP contribution in [0.2, 0.25) is 0 Å². The van der Waals surface area contributed by atoms with Crippen molar-refractivity contribution in [3.8, 4) is 23.3 Å². The van der Waals surface area contributed by atoms with Crippen LogP contribution >= 0.6 is 0 Å². The largest absolute Gasteiger partial charge is 0.490 e. The van der Waals surface area contributed by atoms with E-state index in [-0.39, 0.29) is 12.2 Å². The van der Waals surface area contributed by atoms with Crippen LogP contribution in [0.4, 0.5) is 0 Å². The van der Waals surface area contributed by atoms with Crippen molar-refractivity contribution in [2.45, 2.75) is 13.5 Å². The van der Waals surface area contributed by atoms with E-state index in [0.29, 0.717) is 34.2 Å². The van der Waals surface area contributed by atoms with E-state index in [4.69, 9.17) is 9.47 Å². The van der Waals surface area contributed by atoms with Crippen molar-refractivity contribution in [2.24, 2.45) is 0 Å². The van der Waals surface area contributed by atoms with Crippen LogP contribution in [0.5, 0.6) is 11.5 Å². The minimum Gasteiger partial charge on any atom is -0.490 e. The van der Waals surface area contributed by atoms with Gasteiger partial charge in [0.15, 0.2) is 11.5 Å². The molecule has 0 aliphatic heterocycles. The third-order valence-corrected chi connectivity index (χ3v) is 5.12. The first-order valence-corrected chi connectivity index (χ1v) is 10.6. The summed E-state index contributed by atoms with van der Waals surface area (Å²) in [5.41, 5.74) is 2.71. The molecule has 0 atom stereocenters. The number of nitrogens with zero attached hydrogens (tertiary/aromatic N) is 2. The molecule has 0 amide bonds. The van der Waals surface area contributed by atoms with Gasteiger partial charge in [0.2, 0.25) is 0 Å². The average Bonchev–Trinajstić information content (AvgIpc) is 3.13. The zero-order valence-electron chi connectivity index (χ0n) is 18.2. The van der Waals surface area contributed by atoms with Gasteiger partial charge in [-0.25, -0.2) is 4.68 Å². The maximum Gasteiger partial charge on any atom is 0.279 e. The molecule has 1 heterocycles. The lowest BCUT2D eigenvalue weighted by Gasteiger charge is -2.13. The third-order valence-electron chi connectivity index (χ3n) is 5.12. The highest BCUT2D eigenvalue weighted by atomic mass is 16.5. The number of aromatic amines is 1. The molecule has 6 nitrogen and oxygen atoms in total. The molecule has 0 saturated heterocycles. The number of H-pyrrole nitrogens is 1. The molecule has 0 radical (unpaired) electrons. The van der Waals surface area contributed by atoms with Gasteiger partial charge in [0.1, 0.15) is 6.61 Å². The Hall–Kier alpha value is -4.50. The summed E-state index contributed by atoms with van der Waals surface area (Å²) in [4.78, 5) is 13.0. The maximum absolute atomic E-state index is 13.0. The van der Waals surface area contributed by atoms with Crippen molar-refractivity contribution in [2.75, 3.05) is 6.61 Å². The minimum absolute atomic E-state index is 0.183. The monoisotopic (exact) mass is 437 g/mol. The standard InChI is InChI=1S/C27H23N3O3/c1-3-32-26-16-20(13-14-25(26)33-18-22-10-8-7-9-21(22)17-28)15-24-19(2)29-30(27(24)31)23-11-5-4-6-12-23/h4-16,29H,2-3,18H2,1H3/b24-15-. The molecule has 164 valence electrons. The van der Waals surface area contributed by atoms with Crippen molar-refractivity contribution in [1.82, 2.24) is 9.78 Å². The Morgan fingerprint density at radius 1 is 1.03 bits per heavy atom. The maximum atomic E-state index is 13.0. The Balaban J connectivity index is 1.67. The van der Waals surface area contributed by atoms with E-state index in [9.17, 15) is 10.1 Å².